The molecule has 0 radical (unpaired) electrons. The average molecular weight is 456 g/mol. The highest BCUT2D eigenvalue weighted by atomic mass is 32.2. The molecule has 3 rings (SSSR count). The Bertz CT molecular complexity index is 864. The lowest BCUT2D eigenvalue weighted by Gasteiger charge is -2.30. The number of hydrogen-bond acceptors (Lipinski definition) is 5. The van der Waals surface area contributed by atoms with Gasteiger partial charge in [-0.25, -0.2) is 17.6 Å². The third-order valence-electron chi connectivity index (χ3n) is 5.40. The smallest absolute Gasteiger partial charge is 0.475 e. The summed E-state index contributed by atoms with van der Waals surface area (Å²) in [6.45, 7) is 3.25. The summed E-state index contributed by atoms with van der Waals surface area (Å²) in [6.07, 6.45) is -4.29. The van der Waals surface area contributed by atoms with Crippen LogP contribution < -0.4 is 0 Å². The van der Waals surface area contributed by atoms with Gasteiger partial charge in [-0.15, -0.1) is 0 Å². The van der Waals surface area contributed by atoms with E-state index in [2.05, 4.69) is 4.90 Å². The van der Waals surface area contributed by atoms with Gasteiger partial charge in [0.1, 0.15) is 10.7 Å². The molecule has 2 aliphatic rings. The first-order valence-electron chi connectivity index (χ1n) is 9.06. The molecule has 2 saturated heterocycles. The summed E-state index contributed by atoms with van der Waals surface area (Å²) in [5.41, 5.74) is -0.0942. The second-order valence-electron chi connectivity index (χ2n) is 7.53. The van der Waals surface area contributed by atoms with E-state index in [0.29, 0.717) is 25.6 Å². The Morgan fingerprint density at radius 3 is 2.43 bits per heavy atom. The van der Waals surface area contributed by atoms with E-state index in [9.17, 15) is 26.0 Å². The minimum absolute atomic E-state index is 0.0942. The molecule has 0 unspecified atom stereocenters. The van der Waals surface area contributed by atoms with Gasteiger partial charge in [0, 0.05) is 44.6 Å². The number of carboxylic acid groups (broad SMARTS) is 1. The summed E-state index contributed by atoms with van der Waals surface area (Å²) in [7, 11) is -0.0672. The molecule has 2 fully saturated rings. The number of rotatable bonds is 4. The van der Waals surface area contributed by atoms with Crippen LogP contribution in [0.5, 0.6) is 0 Å². The number of likely N-dealkylation sites (tertiary alicyclic amines) is 1. The Labute approximate surface area is 172 Å². The predicted molar refractivity (Wildman–Crippen MR) is 98.8 cm³/mol. The second kappa shape index (κ2) is 9.16. The summed E-state index contributed by atoms with van der Waals surface area (Å²) in [5.74, 6) is -3.14. The Balaban J connectivity index is 0.000000396. The van der Waals surface area contributed by atoms with Crippen LogP contribution in [0.2, 0.25) is 0 Å². The van der Waals surface area contributed by atoms with E-state index in [0.717, 1.165) is 19.5 Å². The zero-order valence-electron chi connectivity index (χ0n) is 16.5. The largest absolute Gasteiger partial charge is 0.490 e. The molecule has 2 heterocycles. The normalized spacial score (nSPS) is 25.3. The van der Waals surface area contributed by atoms with Crippen molar-refractivity contribution in [2.45, 2.75) is 17.5 Å². The minimum Gasteiger partial charge on any atom is -0.475 e. The predicted octanol–water partition coefficient (Wildman–Crippen LogP) is 2.05. The number of methoxy groups -OCH3 is 1. The van der Waals surface area contributed by atoms with Crippen molar-refractivity contribution < 1.29 is 40.6 Å². The molecule has 0 amide bonds. The Kier molecular flexibility index (Phi) is 7.49. The fourth-order valence-corrected chi connectivity index (χ4v) is 5.65. The average Bonchev–Trinajstić information content (AvgIpc) is 3.19. The first kappa shape index (κ1) is 24.5. The summed E-state index contributed by atoms with van der Waals surface area (Å²) < 4.78 is 78.0. The van der Waals surface area contributed by atoms with Crippen LogP contribution in [0.15, 0.2) is 29.2 Å². The second-order valence-corrected chi connectivity index (χ2v) is 9.44. The van der Waals surface area contributed by atoms with Crippen LogP contribution in [0.1, 0.15) is 6.42 Å². The van der Waals surface area contributed by atoms with Gasteiger partial charge < -0.3 is 14.7 Å². The van der Waals surface area contributed by atoms with Gasteiger partial charge in [-0.3, -0.25) is 0 Å². The van der Waals surface area contributed by atoms with E-state index in [4.69, 9.17) is 14.6 Å². The van der Waals surface area contributed by atoms with E-state index in [1.54, 1.807) is 13.2 Å². The molecule has 0 bridgehead atoms. The first-order valence-corrected chi connectivity index (χ1v) is 10.5. The lowest BCUT2D eigenvalue weighted by Crippen LogP contribution is -2.38. The third kappa shape index (κ3) is 5.29. The summed E-state index contributed by atoms with van der Waals surface area (Å²) in [5, 5.41) is 7.12. The van der Waals surface area contributed by atoms with E-state index in [1.807, 2.05) is 7.05 Å². The fraction of sp³-hybridized carbons (Fsp3) is 0.611. The van der Waals surface area contributed by atoms with Gasteiger partial charge in [-0.05, 0) is 25.6 Å². The molecular formula is C18H24F4N2O5S. The lowest BCUT2D eigenvalue weighted by atomic mass is 9.78. The van der Waals surface area contributed by atoms with Gasteiger partial charge in [0.15, 0.2) is 0 Å². The van der Waals surface area contributed by atoms with Crippen molar-refractivity contribution in [2.75, 3.05) is 46.9 Å². The van der Waals surface area contributed by atoms with Crippen molar-refractivity contribution in [2.24, 2.45) is 11.3 Å². The number of halogens is 4. The highest BCUT2D eigenvalue weighted by molar-refractivity contribution is 7.89. The number of nitrogens with zero attached hydrogens (tertiary/aromatic N) is 2. The molecule has 1 aromatic carbocycles. The van der Waals surface area contributed by atoms with E-state index in [1.165, 1.54) is 22.5 Å². The molecule has 0 aromatic heterocycles. The van der Waals surface area contributed by atoms with Crippen molar-refractivity contribution in [1.29, 1.82) is 0 Å². The van der Waals surface area contributed by atoms with Crippen LogP contribution in [-0.4, -0.2) is 81.8 Å². The number of carboxylic acids is 1. The number of aliphatic carboxylic acids is 1. The van der Waals surface area contributed by atoms with Crippen LogP contribution in [0.25, 0.3) is 0 Å². The maximum atomic E-state index is 13.9. The molecule has 0 aliphatic carbocycles. The van der Waals surface area contributed by atoms with Crippen LogP contribution in [0.3, 0.4) is 0 Å². The molecule has 1 aromatic rings. The molecular weight excluding hydrogens is 432 g/mol. The lowest BCUT2D eigenvalue weighted by molar-refractivity contribution is -0.192. The molecule has 12 heteroatoms. The van der Waals surface area contributed by atoms with Gasteiger partial charge in [0.2, 0.25) is 10.0 Å². The Morgan fingerprint density at radius 1 is 1.30 bits per heavy atom. The standard InChI is InChI=1S/C16H23FN2O3S.C2HF3O2/c1-18-9-13(10-22-2)16(11-18)7-8-19(12-16)23(20,21)15-6-4-3-5-14(15)17;3-2(4,5)1(6)7/h3-6,13H,7-12H2,1-2H3;(H,6,7)/t13-,16+;/m0./s1. The van der Waals surface area contributed by atoms with Gasteiger partial charge in [0.05, 0.1) is 6.61 Å². The van der Waals surface area contributed by atoms with Gasteiger partial charge in [-0.1, -0.05) is 12.1 Å². The van der Waals surface area contributed by atoms with Crippen LogP contribution >= 0.6 is 0 Å². The van der Waals surface area contributed by atoms with Crippen molar-refractivity contribution in [3.05, 3.63) is 30.1 Å². The maximum Gasteiger partial charge on any atom is 0.490 e. The number of sulfonamides is 1. The van der Waals surface area contributed by atoms with E-state index < -0.39 is 28.0 Å². The quantitative estimate of drug-likeness (QED) is 0.698. The van der Waals surface area contributed by atoms with Crippen molar-refractivity contribution in [3.63, 3.8) is 0 Å². The number of ether oxygens (including phenoxy) is 1. The Hall–Kier alpha value is -1.76. The molecule has 2 atom stereocenters. The first-order chi connectivity index (χ1) is 13.8. The fourth-order valence-electron chi connectivity index (χ4n) is 4.05. The van der Waals surface area contributed by atoms with Crippen LogP contribution in [0.4, 0.5) is 17.6 Å². The summed E-state index contributed by atoms with van der Waals surface area (Å²) in [4.78, 5) is 10.9. The maximum absolute atomic E-state index is 13.9. The Morgan fingerprint density at radius 2 is 1.90 bits per heavy atom. The van der Waals surface area contributed by atoms with Crippen LogP contribution in [0, 0.1) is 17.2 Å². The zero-order valence-corrected chi connectivity index (χ0v) is 17.3. The highest BCUT2D eigenvalue weighted by Crippen LogP contribution is 2.45. The molecule has 1 spiro atoms. The molecule has 1 N–H and O–H groups in total. The van der Waals surface area contributed by atoms with Crippen LogP contribution in [-0.2, 0) is 19.6 Å². The number of benzene rings is 1. The monoisotopic (exact) mass is 456 g/mol. The van der Waals surface area contributed by atoms with Crippen molar-refractivity contribution >= 4 is 16.0 Å². The molecule has 0 saturated carbocycles. The number of alkyl halides is 3. The number of carbonyl (C=O) groups is 1. The highest BCUT2D eigenvalue weighted by Gasteiger charge is 2.52. The number of hydrogen-bond donors (Lipinski definition) is 1. The third-order valence-corrected chi connectivity index (χ3v) is 7.28. The van der Waals surface area contributed by atoms with Gasteiger partial charge in [0.25, 0.3) is 0 Å². The van der Waals surface area contributed by atoms with E-state index >= 15 is 0 Å². The summed E-state index contributed by atoms with van der Waals surface area (Å²) in [6, 6.07) is 5.58. The topological polar surface area (TPSA) is 87.2 Å². The van der Waals surface area contributed by atoms with Gasteiger partial charge in [-0.2, -0.15) is 17.5 Å². The minimum atomic E-state index is -5.08. The molecule has 2 aliphatic heterocycles. The van der Waals surface area contributed by atoms with Crippen molar-refractivity contribution in [3.8, 4) is 0 Å². The summed E-state index contributed by atoms with van der Waals surface area (Å²) >= 11 is 0. The molecule has 30 heavy (non-hydrogen) atoms. The molecule has 7 nitrogen and oxygen atoms in total. The van der Waals surface area contributed by atoms with E-state index in [-0.39, 0.29) is 10.3 Å². The van der Waals surface area contributed by atoms with Gasteiger partial charge >= 0.3 is 12.1 Å². The molecule has 170 valence electrons. The zero-order chi connectivity index (χ0) is 22.7. The van der Waals surface area contributed by atoms with Crippen molar-refractivity contribution in [1.82, 2.24) is 9.21 Å². The SMILES string of the molecule is COC[C@@H]1CN(C)C[C@@]12CCN(S(=O)(=O)c1ccccc1F)C2.O=C(O)C(F)(F)F.